The van der Waals surface area contributed by atoms with Crippen LogP contribution in [-0.2, 0) is 14.3 Å². The third kappa shape index (κ3) is 3.72. The summed E-state index contributed by atoms with van der Waals surface area (Å²) in [5, 5.41) is 2.86. The number of likely N-dealkylation sites (tertiary alicyclic amines) is 1. The molecule has 1 N–H and O–H groups in total. The Kier molecular flexibility index (Phi) is 5.08. The number of amides is 2. The molecule has 0 bridgehead atoms. The summed E-state index contributed by atoms with van der Waals surface area (Å²) < 4.78 is 15.9. The average Bonchev–Trinajstić information content (AvgIpc) is 3.14. The van der Waals surface area contributed by atoms with Gasteiger partial charge in [-0.15, -0.1) is 0 Å². The Morgan fingerprint density at radius 3 is 2.92 bits per heavy atom. The molecule has 0 aromatic carbocycles. The normalized spacial score (nSPS) is 21.0. The van der Waals surface area contributed by atoms with E-state index < -0.39 is 0 Å². The molecule has 3 heterocycles. The molecule has 1 fully saturated rings. The van der Waals surface area contributed by atoms with Crippen LogP contribution in [0.4, 0.5) is 0 Å². The van der Waals surface area contributed by atoms with Gasteiger partial charge in [0.05, 0.1) is 6.26 Å². The van der Waals surface area contributed by atoms with Crippen LogP contribution in [0.25, 0.3) is 0 Å². The lowest BCUT2D eigenvalue weighted by Gasteiger charge is -2.34. The van der Waals surface area contributed by atoms with Crippen molar-refractivity contribution in [2.45, 2.75) is 19.8 Å². The number of carbonyl (C=O) groups excluding carboxylic acids is 2. The molecule has 2 aliphatic rings. The van der Waals surface area contributed by atoms with Gasteiger partial charge in [0.15, 0.2) is 5.76 Å². The molecule has 2 amide bonds. The van der Waals surface area contributed by atoms with E-state index in [1.165, 1.54) is 6.26 Å². The molecule has 0 saturated carbocycles. The predicted octanol–water partition coefficient (Wildman–Crippen LogP) is 1.53. The lowest BCUT2D eigenvalue weighted by atomic mass is 9.97. The molecule has 7 nitrogen and oxygen atoms in total. The Hall–Kier alpha value is -2.44. The number of hydrogen-bond donors (Lipinski definition) is 1. The number of nitrogens with zero attached hydrogens (tertiary/aromatic N) is 1. The summed E-state index contributed by atoms with van der Waals surface area (Å²) >= 11 is 0. The van der Waals surface area contributed by atoms with E-state index in [0.29, 0.717) is 50.1 Å². The first-order valence-electron chi connectivity index (χ1n) is 8.22. The summed E-state index contributed by atoms with van der Waals surface area (Å²) in [6.45, 7) is 4.42. The molecule has 0 aliphatic carbocycles. The first-order valence-corrected chi connectivity index (χ1v) is 8.22. The summed E-state index contributed by atoms with van der Waals surface area (Å²) in [7, 11) is 0. The SMILES string of the molecule is CC1=C(C(=O)N2CCCC(CNC(=O)c3ccco3)C2)OCCO1. The Labute approximate surface area is 140 Å². The van der Waals surface area contributed by atoms with Gasteiger partial charge in [0.1, 0.15) is 19.0 Å². The van der Waals surface area contributed by atoms with Crippen molar-refractivity contribution in [3.05, 3.63) is 35.7 Å². The standard InChI is InChI=1S/C17H22N2O5/c1-12-15(24-9-8-22-12)17(21)19-6-2-4-13(11-19)10-18-16(20)14-5-3-7-23-14/h3,5,7,13H,2,4,6,8-11H2,1H3,(H,18,20). The van der Waals surface area contributed by atoms with E-state index in [1.54, 1.807) is 24.0 Å². The molecule has 1 unspecified atom stereocenters. The topological polar surface area (TPSA) is 81.0 Å². The van der Waals surface area contributed by atoms with Gasteiger partial charge in [-0.1, -0.05) is 0 Å². The van der Waals surface area contributed by atoms with Gasteiger partial charge in [-0.05, 0) is 37.8 Å². The van der Waals surface area contributed by atoms with Crippen molar-refractivity contribution in [3.63, 3.8) is 0 Å². The van der Waals surface area contributed by atoms with Gasteiger partial charge in [-0.2, -0.15) is 0 Å². The van der Waals surface area contributed by atoms with E-state index in [-0.39, 0.29) is 17.7 Å². The van der Waals surface area contributed by atoms with Crippen molar-refractivity contribution in [1.82, 2.24) is 10.2 Å². The van der Waals surface area contributed by atoms with Gasteiger partial charge in [0, 0.05) is 19.6 Å². The van der Waals surface area contributed by atoms with Crippen LogP contribution in [0.5, 0.6) is 0 Å². The maximum Gasteiger partial charge on any atom is 0.292 e. The molecule has 24 heavy (non-hydrogen) atoms. The molecule has 130 valence electrons. The minimum atomic E-state index is -0.231. The lowest BCUT2D eigenvalue weighted by molar-refractivity contribution is -0.134. The number of piperidine rings is 1. The number of hydrogen-bond acceptors (Lipinski definition) is 5. The van der Waals surface area contributed by atoms with E-state index in [0.717, 1.165) is 12.8 Å². The van der Waals surface area contributed by atoms with Crippen molar-refractivity contribution in [1.29, 1.82) is 0 Å². The number of ether oxygens (including phenoxy) is 2. The predicted molar refractivity (Wildman–Crippen MR) is 84.9 cm³/mol. The van der Waals surface area contributed by atoms with Crippen LogP contribution in [0.15, 0.2) is 34.3 Å². The highest BCUT2D eigenvalue weighted by Crippen LogP contribution is 2.21. The molecule has 0 radical (unpaired) electrons. The molecule has 1 aromatic heterocycles. The summed E-state index contributed by atoms with van der Waals surface area (Å²) in [6.07, 6.45) is 3.34. The van der Waals surface area contributed by atoms with Crippen LogP contribution in [-0.4, -0.2) is 49.6 Å². The molecule has 0 spiro atoms. The third-order valence-corrected chi connectivity index (χ3v) is 4.26. The van der Waals surface area contributed by atoms with E-state index >= 15 is 0 Å². The summed E-state index contributed by atoms with van der Waals surface area (Å²) in [5.74, 6) is 1.00. The summed E-state index contributed by atoms with van der Waals surface area (Å²) in [5.41, 5.74) is 0. The van der Waals surface area contributed by atoms with Crippen LogP contribution in [0.3, 0.4) is 0 Å². The maximum absolute atomic E-state index is 12.6. The number of allylic oxidation sites excluding steroid dienone is 1. The maximum atomic E-state index is 12.6. The second-order valence-corrected chi connectivity index (χ2v) is 6.03. The van der Waals surface area contributed by atoms with E-state index in [2.05, 4.69) is 5.32 Å². The first kappa shape index (κ1) is 16.4. The minimum absolute atomic E-state index is 0.130. The van der Waals surface area contributed by atoms with Crippen LogP contribution in [0.1, 0.15) is 30.3 Å². The highest BCUT2D eigenvalue weighted by atomic mass is 16.6. The Balaban J connectivity index is 1.54. The fourth-order valence-corrected chi connectivity index (χ4v) is 3.01. The highest BCUT2D eigenvalue weighted by molar-refractivity contribution is 5.92. The van der Waals surface area contributed by atoms with Crippen molar-refractivity contribution in [3.8, 4) is 0 Å². The van der Waals surface area contributed by atoms with E-state index in [4.69, 9.17) is 13.9 Å². The number of carbonyl (C=O) groups is 2. The number of furan rings is 1. The molecule has 3 rings (SSSR count). The van der Waals surface area contributed by atoms with Crippen molar-refractivity contribution in [2.75, 3.05) is 32.8 Å². The zero-order chi connectivity index (χ0) is 16.9. The van der Waals surface area contributed by atoms with Crippen LogP contribution >= 0.6 is 0 Å². The third-order valence-electron chi connectivity index (χ3n) is 4.26. The van der Waals surface area contributed by atoms with Crippen molar-refractivity contribution in [2.24, 2.45) is 5.92 Å². The molecule has 7 heteroatoms. The quantitative estimate of drug-likeness (QED) is 0.903. The van der Waals surface area contributed by atoms with Crippen LogP contribution < -0.4 is 5.32 Å². The van der Waals surface area contributed by atoms with Gasteiger partial charge in [0.25, 0.3) is 11.8 Å². The Morgan fingerprint density at radius 2 is 2.17 bits per heavy atom. The fraction of sp³-hybridized carbons (Fsp3) is 0.529. The molecule has 2 aliphatic heterocycles. The van der Waals surface area contributed by atoms with Gasteiger partial charge in [0.2, 0.25) is 5.76 Å². The van der Waals surface area contributed by atoms with Gasteiger partial charge in [-0.25, -0.2) is 0 Å². The molecule has 1 saturated heterocycles. The Bertz CT molecular complexity index is 623. The lowest BCUT2D eigenvalue weighted by Crippen LogP contribution is -2.45. The van der Waals surface area contributed by atoms with Gasteiger partial charge < -0.3 is 24.1 Å². The van der Waals surface area contributed by atoms with Crippen molar-refractivity contribution >= 4 is 11.8 Å². The minimum Gasteiger partial charge on any atom is -0.491 e. The molecule has 1 atom stereocenters. The highest BCUT2D eigenvalue weighted by Gasteiger charge is 2.29. The first-order chi connectivity index (χ1) is 11.6. The second kappa shape index (κ2) is 7.42. The van der Waals surface area contributed by atoms with E-state index in [1.807, 2.05) is 0 Å². The Morgan fingerprint density at radius 1 is 1.33 bits per heavy atom. The molecule has 1 aromatic rings. The van der Waals surface area contributed by atoms with Gasteiger partial charge >= 0.3 is 0 Å². The fourth-order valence-electron chi connectivity index (χ4n) is 3.01. The number of nitrogens with one attached hydrogen (secondary N) is 1. The van der Waals surface area contributed by atoms with Crippen molar-refractivity contribution < 1.29 is 23.5 Å². The zero-order valence-electron chi connectivity index (χ0n) is 13.7. The largest absolute Gasteiger partial charge is 0.491 e. The van der Waals surface area contributed by atoms with Gasteiger partial charge in [-0.3, -0.25) is 9.59 Å². The smallest absolute Gasteiger partial charge is 0.292 e. The monoisotopic (exact) mass is 334 g/mol. The summed E-state index contributed by atoms with van der Waals surface area (Å²) in [4.78, 5) is 26.3. The number of rotatable bonds is 4. The molecular weight excluding hydrogens is 312 g/mol. The molecular formula is C17H22N2O5. The van der Waals surface area contributed by atoms with Crippen LogP contribution in [0, 0.1) is 5.92 Å². The zero-order valence-corrected chi connectivity index (χ0v) is 13.7. The average molecular weight is 334 g/mol. The summed E-state index contributed by atoms with van der Waals surface area (Å²) in [6, 6.07) is 3.31. The van der Waals surface area contributed by atoms with E-state index in [9.17, 15) is 9.59 Å². The van der Waals surface area contributed by atoms with Crippen LogP contribution in [0.2, 0.25) is 0 Å². The second-order valence-electron chi connectivity index (χ2n) is 6.03.